The van der Waals surface area contributed by atoms with E-state index in [9.17, 15) is 26.4 Å². The average Bonchev–Trinajstić information content (AvgIpc) is 2.73. The highest BCUT2D eigenvalue weighted by atomic mass is 35.5. The molecule has 1 amide bonds. The molecule has 0 fully saturated rings. The zero-order valence-corrected chi connectivity index (χ0v) is 19.1. The molecule has 3 aromatic rings. The fourth-order valence-corrected chi connectivity index (χ4v) is 4.82. The summed E-state index contributed by atoms with van der Waals surface area (Å²) in [4.78, 5) is 11.6. The number of hydrogen-bond donors (Lipinski definition) is 2. The molecular formula is C22H17Cl2F3N2O3S. The standard InChI is InChI=1S/C22H17Cl2F3N2O3S/c23-16-8-9-18(14(11-16)10-13-4-1-2-7-19(13)24)20(21(28)30)29-33(31,32)17-6-3-5-15(12-17)22(25,26)27/h1-9,11-12,20,29H,10H2,(H2,28,30). The number of hydrogen-bond acceptors (Lipinski definition) is 3. The van der Waals surface area contributed by atoms with Crippen molar-refractivity contribution in [2.75, 3.05) is 0 Å². The van der Waals surface area contributed by atoms with Gasteiger partial charge in [0.15, 0.2) is 0 Å². The van der Waals surface area contributed by atoms with Gasteiger partial charge in [-0.05, 0) is 59.5 Å². The predicted molar refractivity (Wildman–Crippen MR) is 119 cm³/mol. The van der Waals surface area contributed by atoms with Crippen LogP contribution in [0.25, 0.3) is 0 Å². The lowest BCUT2D eigenvalue weighted by Gasteiger charge is -2.20. The van der Waals surface area contributed by atoms with Crippen molar-refractivity contribution in [3.63, 3.8) is 0 Å². The first kappa shape index (κ1) is 25.0. The molecule has 0 aromatic heterocycles. The van der Waals surface area contributed by atoms with Crippen molar-refractivity contribution in [1.29, 1.82) is 0 Å². The summed E-state index contributed by atoms with van der Waals surface area (Å²) in [5.74, 6) is -1.05. The third kappa shape index (κ3) is 6.05. The van der Waals surface area contributed by atoms with E-state index in [2.05, 4.69) is 4.72 Å². The second-order valence-corrected chi connectivity index (χ2v) is 9.65. The fraction of sp³-hybridized carbons (Fsp3) is 0.136. The molecule has 1 atom stereocenters. The number of carbonyl (C=O) groups excluding carboxylic acids is 1. The van der Waals surface area contributed by atoms with Gasteiger partial charge in [-0.15, -0.1) is 0 Å². The lowest BCUT2D eigenvalue weighted by atomic mass is 9.95. The molecule has 5 nitrogen and oxygen atoms in total. The largest absolute Gasteiger partial charge is 0.416 e. The number of nitrogens with one attached hydrogen (secondary N) is 1. The van der Waals surface area contributed by atoms with E-state index in [4.69, 9.17) is 28.9 Å². The van der Waals surface area contributed by atoms with E-state index >= 15 is 0 Å². The molecule has 174 valence electrons. The zero-order valence-electron chi connectivity index (χ0n) is 16.7. The Morgan fingerprint density at radius 3 is 2.30 bits per heavy atom. The lowest BCUT2D eigenvalue weighted by molar-refractivity contribution is -0.137. The van der Waals surface area contributed by atoms with E-state index in [0.717, 1.165) is 18.2 Å². The number of primary amides is 1. The molecular weight excluding hydrogens is 500 g/mol. The highest BCUT2D eigenvalue weighted by Gasteiger charge is 2.33. The number of carbonyl (C=O) groups is 1. The van der Waals surface area contributed by atoms with Crippen LogP contribution in [-0.4, -0.2) is 14.3 Å². The van der Waals surface area contributed by atoms with E-state index in [-0.39, 0.29) is 12.0 Å². The van der Waals surface area contributed by atoms with Gasteiger partial charge >= 0.3 is 6.18 Å². The van der Waals surface area contributed by atoms with Gasteiger partial charge in [-0.1, -0.05) is 53.5 Å². The number of nitrogens with two attached hydrogens (primary N) is 1. The maximum absolute atomic E-state index is 13.0. The number of sulfonamides is 1. The fourth-order valence-electron chi connectivity index (χ4n) is 3.19. The van der Waals surface area contributed by atoms with Crippen molar-refractivity contribution in [1.82, 2.24) is 4.72 Å². The molecule has 0 radical (unpaired) electrons. The third-order valence-corrected chi connectivity index (χ3v) is 6.81. The maximum Gasteiger partial charge on any atom is 0.416 e. The molecule has 3 aromatic carbocycles. The summed E-state index contributed by atoms with van der Waals surface area (Å²) in [5.41, 5.74) is 5.68. The molecule has 0 heterocycles. The Morgan fingerprint density at radius 1 is 0.970 bits per heavy atom. The van der Waals surface area contributed by atoms with Gasteiger partial charge in [0.25, 0.3) is 0 Å². The average molecular weight is 517 g/mol. The molecule has 0 saturated heterocycles. The Morgan fingerprint density at radius 2 is 1.67 bits per heavy atom. The Hall–Kier alpha value is -2.59. The Bertz CT molecular complexity index is 1300. The van der Waals surface area contributed by atoms with Gasteiger partial charge in [-0.2, -0.15) is 17.9 Å². The smallest absolute Gasteiger partial charge is 0.368 e. The molecule has 0 aliphatic rings. The number of rotatable bonds is 7. The molecule has 3 N–H and O–H groups in total. The molecule has 33 heavy (non-hydrogen) atoms. The van der Waals surface area contributed by atoms with Crippen LogP contribution in [0.3, 0.4) is 0 Å². The van der Waals surface area contributed by atoms with Gasteiger partial charge < -0.3 is 5.73 Å². The molecule has 1 unspecified atom stereocenters. The van der Waals surface area contributed by atoms with Crippen LogP contribution in [0.15, 0.2) is 71.6 Å². The minimum absolute atomic E-state index is 0.197. The quantitative estimate of drug-likeness (QED) is 0.457. The number of alkyl halides is 3. The van der Waals surface area contributed by atoms with E-state index < -0.39 is 38.6 Å². The SMILES string of the molecule is NC(=O)C(NS(=O)(=O)c1cccc(C(F)(F)F)c1)c1ccc(Cl)cc1Cc1ccccc1Cl. The van der Waals surface area contributed by atoms with Crippen LogP contribution in [0.1, 0.15) is 28.3 Å². The zero-order chi connectivity index (χ0) is 24.4. The van der Waals surface area contributed by atoms with Crippen LogP contribution in [0.5, 0.6) is 0 Å². The Labute approximate surface area is 198 Å². The second-order valence-electron chi connectivity index (χ2n) is 7.09. The van der Waals surface area contributed by atoms with Crippen LogP contribution in [0.4, 0.5) is 13.2 Å². The van der Waals surface area contributed by atoms with Crippen LogP contribution in [0, 0.1) is 0 Å². The van der Waals surface area contributed by atoms with Crippen LogP contribution >= 0.6 is 23.2 Å². The minimum atomic E-state index is -4.74. The van der Waals surface area contributed by atoms with Crippen LogP contribution < -0.4 is 10.5 Å². The first-order chi connectivity index (χ1) is 15.4. The summed E-state index contributed by atoms with van der Waals surface area (Å²) in [7, 11) is -4.55. The highest BCUT2D eigenvalue weighted by molar-refractivity contribution is 7.89. The van der Waals surface area contributed by atoms with Crippen molar-refractivity contribution in [3.05, 3.63) is 99.0 Å². The molecule has 0 aliphatic carbocycles. The number of amides is 1. The number of benzene rings is 3. The molecule has 0 aliphatic heterocycles. The van der Waals surface area contributed by atoms with Gasteiger partial charge in [-0.25, -0.2) is 8.42 Å². The predicted octanol–water partition coefficient (Wildman–Crippen LogP) is 5.11. The van der Waals surface area contributed by atoms with E-state index in [0.29, 0.717) is 27.2 Å². The van der Waals surface area contributed by atoms with Crippen molar-refractivity contribution in [3.8, 4) is 0 Å². The van der Waals surface area contributed by atoms with Crippen LogP contribution in [0.2, 0.25) is 10.0 Å². The number of halogens is 5. The minimum Gasteiger partial charge on any atom is -0.368 e. The lowest BCUT2D eigenvalue weighted by Crippen LogP contribution is -2.38. The molecule has 0 bridgehead atoms. The Balaban J connectivity index is 2.02. The topological polar surface area (TPSA) is 89.3 Å². The van der Waals surface area contributed by atoms with E-state index in [1.54, 1.807) is 24.3 Å². The van der Waals surface area contributed by atoms with Gasteiger partial charge in [0.2, 0.25) is 15.9 Å². The van der Waals surface area contributed by atoms with Crippen molar-refractivity contribution in [2.24, 2.45) is 5.73 Å². The van der Waals surface area contributed by atoms with Gasteiger partial charge in [0.1, 0.15) is 6.04 Å². The molecule has 0 spiro atoms. The van der Waals surface area contributed by atoms with Gasteiger partial charge in [0.05, 0.1) is 10.5 Å². The third-order valence-electron chi connectivity index (χ3n) is 4.78. The normalized spacial score (nSPS) is 13.0. The monoisotopic (exact) mass is 516 g/mol. The summed E-state index contributed by atoms with van der Waals surface area (Å²) >= 11 is 12.3. The first-order valence-electron chi connectivity index (χ1n) is 9.39. The summed E-state index contributed by atoms with van der Waals surface area (Å²) in [6.07, 6.45) is -4.54. The molecule has 0 saturated carbocycles. The van der Waals surface area contributed by atoms with Crippen molar-refractivity contribution in [2.45, 2.75) is 23.5 Å². The maximum atomic E-state index is 13.0. The molecule has 11 heteroatoms. The van der Waals surface area contributed by atoms with Gasteiger partial charge in [0, 0.05) is 10.0 Å². The second kappa shape index (κ2) is 9.72. The highest BCUT2D eigenvalue weighted by Crippen LogP contribution is 2.32. The molecule has 3 rings (SSSR count). The van der Waals surface area contributed by atoms with E-state index in [1.165, 1.54) is 18.2 Å². The Kier molecular flexibility index (Phi) is 7.38. The van der Waals surface area contributed by atoms with Crippen LogP contribution in [-0.2, 0) is 27.4 Å². The van der Waals surface area contributed by atoms with Crippen molar-refractivity contribution < 1.29 is 26.4 Å². The summed E-state index contributed by atoms with van der Waals surface area (Å²) in [5, 5.41) is 0.772. The van der Waals surface area contributed by atoms with E-state index in [1.807, 2.05) is 0 Å². The first-order valence-corrected chi connectivity index (χ1v) is 11.6. The summed E-state index contributed by atoms with van der Waals surface area (Å²) < 4.78 is 66.9. The summed E-state index contributed by atoms with van der Waals surface area (Å²) in [6, 6.07) is 12.9. The van der Waals surface area contributed by atoms with Gasteiger partial charge in [-0.3, -0.25) is 4.79 Å². The van der Waals surface area contributed by atoms with Crippen molar-refractivity contribution >= 4 is 39.1 Å². The summed E-state index contributed by atoms with van der Waals surface area (Å²) in [6.45, 7) is 0.